The molecule has 0 unspecified atom stereocenters. The number of aliphatic imine (C=N–C) groups is 1. The molecular weight excluding hydrogens is 412 g/mol. The quantitative estimate of drug-likeness (QED) is 0.646. The van der Waals surface area contributed by atoms with Crippen molar-refractivity contribution >= 4 is 21.7 Å². The molecule has 0 saturated heterocycles. The van der Waals surface area contributed by atoms with Crippen LogP contribution in [0.1, 0.15) is 35.5 Å². The summed E-state index contributed by atoms with van der Waals surface area (Å²) in [5.74, 6) is -0.696. The van der Waals surface area contributed by atoms with Gasteiger partial charge < -0.3 is 9.73 Å². The van der Waals surface area contributed by atoms with Crippen LogP contribution in [0.2, 0.25) is 0 Å². The Bertz CT molecular complexity index is 1250. The standard InChI is InChI=1S/C21H19F2N3O3S/c1-12-7-8-14(29-12)11-24-21-25-20-18(30(27,28)26-21)10-9-17(23)19(20)13(2)15-5-3-4-6-16(15)22/h3-10,13H,11H2,1-2H3,(H2,24,25,26)/t13-/m1/s1. The molecule has 9 heteroatoms. The maximum absolute atomic E-state index is 14.8. The van der Waals surface area contributed by atoms with Crippen molar-refractivity contribution in [1.29, 1.82) is 0 Å². The van der Waals surface area contributed by atoms with Crippen molar-refractivity contribution < 1.29 is 21.6 Å². The maximum Gasteiger partial charge on any atom is 0.266 e. The number of anilines is 1. The van der Waals surface area contributed by atoms with Crippen LogP contribution in [-0.4, -0.2) is 14.4 Å². The lowest BCUT2D eigenvalue weighted by molar-refractivity contribution is 0.486. The van der Waals surface area contributed by atoms with Gasteiger partial charge in [0.2, 0.25) is 5.96 Å². The summed E-state index contributed by atoms with van der Waals surface area (Å²) in [5, 5.41) is 2.86. The molecule has 2 heterocycles. The number of furan rings is 1. The predicted octanol–water partition coefficient (Wildman–Crippen LogP) is 4.28. The summed E-state index contributed by atoms with van der Waals surface area (Å²) in [6, 6.07) is 11.8. The van der Waals surface area contributed by atoms with Crippen molar-refractivity contribution in [2.75, 3.05) is 5.32 Å². The second-order valence-corrected chi connectivity index (χ2v) is 8.64. The van der Waals surface area contributed by atoms with E-state index < -0.39 is 27.6 Å². The van der Waals surface area contributed by atoms with Crippen molar-refractivity contribution in [2.45, 2.75) is 31.2 Å². The zero-order chi connectivity index (χ0) is 21.5. The van der Waals surface area contributed by atoms with Gasteiger partial charge in [-0.05, 0) is 42.8 Å². The van der Waals surface area contributed by atoms with Crippen LogP contribution in [0.25, 0.3) is 0 Å². The van der Waals surface area contributed by atoms with Gasteiger partial charge in [-0.25, -0.2) is 26.9 Å². The minimum absolute atomic E-state index is 0.0406. The topological polar surface area (TPSA) is 83.7 Å². The van der Waals surface area contributed by atoms with Gasteiger partial charge in [0.1, 0.15) is 34.6 Å². The van der Waals surface area contributed by atoms with E-state index in [1.54, 1.807) is 38.1 Å². The SMILES string of the molecule is Cc1ccc(CN=C2Nc3c(ccc(F)c3[C@H](C)c3ccccc3F)S(=O)(=O)N2)o1. The molecule has 0 amide bonds. The number of aryl methyl sites for hydroxylation is 1. The average molecular weight is 431 g/mol. The second kappa shape index (κ2) is 7.56. The van der Waals surface area contributed by atoms with Gasteiger partial charge in [-0.3, -0.25) is 0 Å². The van der Waals surface area contributed by atoms with Crippen LogP contribution in [0.15, 0.2) is 62.8 Å². The van der Waals surface area contributed by atoms with Crippen LogP contribution in [0.4, 0.5) is 14.5 Å². The highest BCUT2D eigenvalue weighted by molar-refractivity contribution is 7.90. The molecule has 0 aliphatic carbocycles. The van der Waals surface area contributed by atoms with Gasteiger partial charge in [-0.15, -0.1) is 0 Å². The number of sulfonamides is 1. The highest BCUT2D eigenvalue weighted by atomic mass is 32.2. The summed E-state index contributed by atoms with van der Waals surface area (Å²) in [7, 11) is -3.99. The predicted molar refractivity (Wildman–Crippen MR) is 109 cm³/mol. The number of halogens is 2. The number of benzene rings is 2. The highest BCUT2D eigenvalue weighted by Gasteiger charge is 2.32. The second-order valence-electron chi connectivity index (χ2n) is 6.99. The van der Waals surface area contributed by atoms with Crippen LogP contribution in [0.5, 0.6) is 0 Å². The van der Waals surface area contributed by atoms with Crippen molar-refractivity contribution in [3.63, 3.8) is 0 Å². The molecule has 1 atom stereocenters. The molecule has 3 aromatic rings. The molecule has 1 aliphatic heterocycles. The minimum Gasteiger partial charge on any atom is -0.464 e. The molecular formula is C21H19F2N3O3S. The van der Waals surface area contributed by atoms with Crippen molar-refractivity contribution in [3.8, 4) is 0 Å². The minimum atomic E-state index is -3.99. The fourth-order valence-electron chi connectivity index (χ4n) is 3.46. The third-order valence-corrected chi connectivity index (χ3v) is 6.29. The van der Waals surface area contributed by atoms with Gasteiger partial charge in [0, 0.05) is 11.5 Å². The van der Waals surface area contributed by atoms with E-state index in [1.807, 2.05) is 0 Å². The van der Waals surface area contributed by atoms with Gasteiger partial charge in [0.25, 0.3) is 10.0 Å². The summed E-state index contributed by atoms with van der Waals surface area (Å²) in [5.41, 5.74) is 0.343. The highest BCUT2D eigenvalue weighted by Crippen LogP contribution is 2.38. The summed E-state index contributed by atoms with van der Waals surface area (Å²) >= 11 is 0. The molecule has 0 radical (unpaired) electrons. The van der Waals surface area contributed by atoms with Crippen LogP contribution in [-0.2, 0) is 16.6 Å². The fourth-order valence-corrected chi connectivity index (χ4v) is 4.61. The van der Waals surface area contributed by atoms with E-state index in [0.29, 0.717) is 11.5 Å². The van der Waals surface area contributed by atoms with Gasteiger partial charge in [0.05, 0.1) is 5.69 Å². The average Bonchev–Trinajstić information content (AvgIpc) is 3.11. The van der Waals surface area contributed by atoms with E-state index in [-0.39, 0.29) is 34.2 Å². The molecule has 0 spiro atoms. The number of nitrogens with one attached hydrogen (secondary N) is 2. The lowest BCUT2D eigenvalue weighted by atomic mass is 9.91. The third kappa shape index (κ3) is 3.68. The van der Waals surface area contributed by atoms with Gasteiger partial charge >= 0.3 is 0 Å². The number of nitrogens with zero attached hydrogens (tertiary/aromatic N) is 1. The molecule has 0 fully saturated rings. The Kier molecular flexibility index (Phi) is 5.07. The van der Waals surface area contributed by atoms with Gasteiger partial charge in [-0.2, -0.15) is 0 Å². The molecule has 1 aliphatic rings. The number of guanidine groups is 1. The summed E-state index contributed by atoms with van der Waals surface area (Å²) in [6.07, 6.45) is 0. The molecule has 1 aromatic heterocycles. The zero-order valence-electron chi connectivity index (χ0n) is 16.2. The van der Waals surface area contributed by atoms with Gasteiger partial charge in [-0.1, -0.05) is 25.1 Å². The fraction of sp³-hybridized carbons (Fsp3) is 0.190. The number of hydrogen-bond acceptors (Lipinski definition) is 4. The van der Waals surface area contributed by atoms with E-state index in [2.05, 4.69) is 15.0 Å². The summed E-state index contributed by atoms with van der Waals surface area (Å²) in [6.45, 7) is 3.49. The molecule has 0 saturated carbocycles. The number of hydrogen-bond donors (Lipinski definition) is 2. The van der Waals surface area contributed by atoms with Crippen LogP contribution < -0.4 is 10.0 Å². The first-order valence-electron chi connectivity index (χ1n) is 9.22. The number of fused-ring (bicyclic) bond motifs is 1. The molecule has 156 valence electrons. The largest absolute Gasteiger partial charge is 0.464 e. The Hall–Kier alpha value is -3.20. The first-order valence-corrected chi connectivity index (χ1v) is 10.7. The van der Waals surface area contributed by atoms with E-state index in [0.717, 1.165) is 6.07 Å². The van der Waals surface area contributed by atoms with E-state index >= 15 is 0 Å². The molecule has 0 bridgehead atoms. The molecule has 2 N–H and O–H groups in total. The lowest BCUT2D eigenvalue weighted by Gasteiger charge is -2.26. The molecule has 30 heavy (non-hydrogen) atoms. The first kappa shape index (κ1) is 20.1. The lowest BCUT2D eigenvalue weighted by Crippen LogP contribution is -2.41. The smallest absolute Gasteiger partial charge is 0.266 e. The molecule has 6 nitrogen and oxygen atoms in total. The first-order chi connectivity index (χ1) is 14.3. The number of rotatable bonds is 4. The van der Waals surface area contributed by atoms with E-state index in [9.17, 15) is 17.2 Å². The Labute approximate surface area is 172 Å². The Morgan fingerprint density at radius 2 is 1.83 bits per heavy atom. The summed E-state index contributed by atoms with van der Waals surface area (Å²) in [4.78, 5) is 4.08. The summed E-state index contributed by atoms with van der Waals surface area (Å²) < 4.78 is 62.4. The van der Waals surface area contributed by atoms with Crippen molar-refractivity contribution in [2.24, 2.45) is 4.99 Å². The molecule has 2 aromatic carbocycles. The molecule has 4 rings (SSSR count). The third-order valence-electron chi connectivity index (χ3n) is 4.91. The Balaban J connectivity index is 1.78. The zero-order valence-corrected chi connectivity index (χ0v) is 17.1. The van der Waals surface area contributed by atoms with Gasteiger partial charge in [0.15, 0.2) is 0 Å². The van der Waals surface area contributed by atoms with Crippen molar-refractivity contribution in [1.82, 2.24) is 4.72 Å². The normalized spacial score (nSPS) is 17.1. The monoisotopic (exact) mass is 431 g/mol. The van der Waals surface area contributed by atoms with E-state index in [4.69, 9.17) is 4.42 Å². The van der Waals surface area contributed by atoms with Crippen LogP contribution in [0.3, 0.4) is 0 Å². The Morgan fingerprint density at radius 1 is 1.07 bits per heavy atom. The van der Waals surface area contributed by atoms with Crippen LogP contribution in [0, 0.1) is 18.6 Å². The Morgan fingerprint density at radius 3 is 2.53 bits per heavy atom. The maximum atomic E-state index is 14.8. The van der Waals surface area contributed by atoms with Crippen molar-refractivity contribution in [3.05, 3.63) is 82.8 Å². The van der Waals surface area contributed by atoms with E-state index in [1.165, 1.54) is 18.2 Å². The van der Waals surface area contributed by atoms with Crippen LogP contribution >= 0.6 is 0 Å².